The van der Waals surface area contributed by atoms with Crippen molar-refractivity contribution in [1.29, 1.82) is 0 Å². The second-order valence-electron chi connectivity index (χ2n) is 15.0. The van der Waals surface area contributed by atoms with Gasteiger partial charge in [-0.15, -0.1) is 0 Å². The van der Waals surface area contributed by atoms with Gasteiger partial charge in [0.2, 0.25) is 0 Å². The Kier molecular flexibility index (Phi) is 35.5. The Morgan fingerprint density at radius 2 is 0.702 bits per heavy atom. The van der Waals surface area contributed by atoms with Gasteiger partial charge in [-0.1, -0.05) is 169 Å². The zero-order chi connectivity index (χ0) is 34.7. The predicted octanol–water partition coefficient (Wildman–Crippen LogP) is 13.7. The van der Waals surface area contributed by atoms with Crippen molar-refractivity contribution in [1.82, 2.24) is 0 Å². The van der Waals surface area contributed by atoms with Gasteiger partial charge in [0.25, 0.3) is 0 Å². The number of hydrogen-bond acceptors (Lipinski definition) is 4. The molecular weight excluding hydrogens is 599 g/mol. The van der Waals surface area contributed by atoms with Gasteiger partial charge >= 0.3 is 5.97 Å². The molecule has 0 aromatic heterocycles. The Hall–Kier alpha value is -0.180. The second-order valence-corrected chi connectivity index (χ2v) is 18.6. The van der Waals surface area contributed by atoms with Gasteiger partial charge in [0.05, 0.1) is 37.1 Å². The molecular formula is C42H86O4P+. The van der Waals surface area contributed by atoms with Crippen LogP contribution in [0.5, 0.6) is 0 Å². The fraction of sp³-hybridized carbons (Fsp3) is 0.976. The van der Waals surface area contributed by atoms with Gasteiger partial charge in [-0.25, -0.2) is 4.79 Å². The summed E-state index contributed by atoms with van der Waals surface area (Å²) in [5.41, 5.74) is 0. The maximum Gasteiger partial charge on any atom is 0.349 e. The third kappa shape index (κ3) is 30.4. The van der Waals surface area contributed by atoms with Crippen LogP contribution >= 0.6 is 7.49 Å². The van der Waals surface area contributed by atoms with Crippen LogP contribution in [0, 0.1) is 0 Å². The molecule has 0 spiro atoms. The maximum atomic E-state index is 13.3. The van der Waals surface area contributed by atoms with E-state index in [2.05, 4.69) is 27.7 Å². The Morgan fingerprint density at radius 1 is 0.426 bits per heavy atom. The van der Waals surface area contributed by atoms with E-state index in [1.165, 1.54) is 141 Å². The molecule has 0 aliphatic rings. The molecule has 0 bridgehead atoms. The molecule has 0 aliphatic carbocycles. The minimum atomic E-state index is -1.72. The molecule has 0 fully saturated rings. The first kappa shape index (κ1) is 46.8. The number of carbonyl (C=O) groups is 1. The van der Waals surface area contributed by atoms with E-state index in [4.69, 9.17) is 4.52 Å². The van der Waals surface area contributed by atoms with Crippen molar-refractivity contribution in [3.8, 4) is 0 Å². The summed E-state index contributed by atoms with van der Waals surface area (Å²) >= 11 is 0. The lowest BCUT2D eigenvalue weighted by Gasteiger charge is -2.26. The van der Waals surface area contributed by atoms with E-state index < -0.39 is 19.7 Å². The zero-order valence-corrected chi connectivity index (χ0v) is 33.5. The first-order chi connectivity index (χ1) is 22.9. The molecule has 4 nitrogen and oxygen atoms in total. The third-order valence-corrected chi connectivity index (χ3v) is 14.2. The van der Waals surface area contributed by atoms with E-state index >= 15 is 0 Å². The lowest BCUT2D eigenvalue weighted by atomic mass is 9.99. The van der Waals surface area contributed by atoms with Gasteiger partial charge in [-0.3, -0.25) is 0 Å². The quantitative estimate of drug-likeness (QED) is 0.0501. The molecule has 0 aromatic carbocycles. The maximum absolute atomic E-state index is 13.3. The number of hydrogen-bond donors (Lipinski definition) is 2. The first-order valence-corrected chi connectivity index (χ1v) is 23.7. The molecule has 0 amide bonds. The largest absolute Gasteiger partial charge is 0.390 e. The summed E-state index contributed by atoms with van der Waals surface area (Å²) in [5, 5.41) is 20.7. The second kappa shape index (κ2) is 35.6. The molecule has 0 aliphatic heterocycles. The van der Waals surface area contributed by atoms with Crippen LogP contribution in [0.4, 0.5) is 0 Å². The minimum Gasteiger partial charge on any atom is -0.390 e. The molecule has 0 radical (unpaired) electrons. The van der Waals surface area contributed by atoms with Crippen molar-refractivity contribution in [2.45, 2.75) is 245 Å². The normalized spacial score (nSPS) is 13.2. The van der Waals surface area contributed by atoms with E-state index in [9.17, 15) is 15.0 Å². The highest BCUT2D eigenvalue weighted by Gasteiger charge is 2.41. The predicted molar refractivity (Wildman–Crippen MR) is 210 cm³/mol. The average Bonchev–Trinajstić information content (AvgIpc) is 3.06. The summed E-state index contributed by atoms with van der Waals surface area (Å²) in [5.74, 6) is 0.0783. The van der Waals surface area contributed by atoms with Crippen LogP contribution < -0.4 is 0 Å². The molecule has 2 N–H and O–H groups in total. The lowest BCUT2D eigenvalue weighted by Crippen LogP contribution is -2.25. The molecule has 0 aromatic rings. The summed E-state index contributed by atoms with van der Waals surface area (Å²) in [7, 11) is -1.72. The van der Waals surface area contributed by atoms with E-state index in [-0.39, 0.29) is 5.97 Å². The minimum absolute atomic E-state index is 0.0783. The summed E-state index contributed by atoms with van der Waals surface area (Å²) in [6.45, 7) is 9.08. The Labute approximate surface area is 296 Å². The van der Waals surface area contributed by atoms with Crippen molar-refractivity contribution in [2.75, 3.05) is 18.5 Å². The van der Waals surface area contributed by atoms with Crippen molar-refractivity contribution in [3.05, 3.63) is 0 Å². The SMILES string of the molecule is CCCCCCCCC(O)C(O)CCCCCCCC(=O)O[P+](CCCCCCCC)(CCCCCCCC)CCCCCCCC. The number of aliphatic hydroxyl groups is 2. The zero-order valence-electron chi connectivity index (χ0n) is 32.6. The number of unbranched alkanes of at least 4 members (excludes halogenated alkanes) is 24. The van der Waals surface area contributed by atoms with Gasteiger partial charge in [-0.05, 0) is 57.8 Å². The number of carbonyl (C=O) groups excluding carboxylic acids is 1. The fourth-order valence-corrected chi connectivity index (χ4v) is 10.8. The van der Waals surface area contributed by atoms with Crippen molar-refractivity contribution >= 4 is 13.5 Å². The van der Waals surface area contributed by atoms with Crippen LogP contribution in [0.2, 0.25) is 0 Å². The molecule has 47 heavy (non-hydrogen) atoms. The van der Waals surface area contributed by atoms with Gasteiger partial charge in [0.15, 0.2) is 7.49 Å². The average molecular weight is 686 g/mol. The van der Waals surface area contributed by atoms with Crippen LogP contribution in [0.3, 0.4) is 0 Å². The van der Waals surface area contributed by atoms with Crippen molar-refractivity contribution in [3.63, 3.8) is 0 Å². The summed E-state index contributed by atoms with van der Waals surface area (Å²) in [6.07, 6.45) is 40.0. The van der Waals surface area contributed by atoms with E-state index in [0.717, 1.165) is 69.9 Å². The standard InChI is InChI=1S/C42H86O4P/c1-5-9-13-17-22-28-34-40(43)41(44)35-29-23-21-24-30-36-42(45)46-47(37-31-25-18-14-10-6-2,38-32-26-19-15-11-7-3)39-33-27-20-16-12-8-4/h40-41,43-44H,5-39H2,1-4H3/q+1. The molecule has 2 unspecified atom stereocenters. The van der Waals surface area contributed by atoms with Crippen LogP contribution in [0.25, 0.3) is 0 Å². The summed E-state index contributed by atoms with van der Waals surface area (Å²) < 4.78 is 6.68. The molecule has 5 heteroatoms. The highest BCUT2D eigenvalue weighted by Crippen LogP contribution is 2.62. The highest BCUT2D eigenvalue weighted by atomic mass is 31.2. The Morgan fingerprint density at radius 3 is 1.04 bits per heavy atom. The first-order valence-electron chi connectivity index (χ1n) is 21.4. The monoisotopic (exact) mass is 686 g/mol. The fourth-order valence-electron chi connectivity index (χ4n) is 6.95. The smallest absolute Gasteiger partial charge is 0.349 e. The van der Waals surface area contributed by atoms with Crippen LogP contribution in [-0.2, 0) is 9.32 Å². The van der Waals surface area contributed by atoms with Crippen LogP contribution in [0.15, 0.2) is 0 Å². The third-order valence-electron chi connectivity index (χ3n) is 10.2. The van der Waals surface area contributed by atoms with Crippen LogP contribution in [-0.4, -0.2) is 46.9 Å². The summed E-state index contributed by atoms with van der Waals surface area (Å²) in [6, 6.07) is 0. The number of aliphatic hydroxyl groups excluding tert-OH is 2. The Bertz CT molecular complexity index is 601. The molecule has 0 saturated carbocycles. The van der Waals surface area contributed by atoms with Gasteiger partial charge in [0, 0.05) is 0 Å². The topological polar surface area (TPSA) is 66.8 Å². The van der Waals surface area contributed by atoms with Crippen LogP contribution in [0.1, 0.15) is 233 Å². The Balaban J connectivity index is 4.72. The molecule has 0 heterocycles. The van der Waals surface area contributed by atoms with Crippen molar-refractivity contribution in [2.24, 2.45) is 0 Å². The molecule has 2 atom stereocenters. The van der Waals surface area contributed by atoms with E-state index in [1.54, 1.807) is 0 Å². The molecule has 0 rings (SSSR count). The van der Waals surface area contributed by atoms with Crippen molar-refractivity contribution < 1.29 is 19.5 Å². The van der Waals surface area contributed by atoms with E-state index in [0.29, 0.717) is 12.8 Å². The van der Waals surface area contributed by atoms with E-state index in [1.807, 2.05) is 0 Å². The highest BCUT2D eigenvalue weighted by molar-refractivity contribution is 7.71. The van der Waals surface area contributed by atoms with Gasteiger partial charge in [-0.2, -0.15) is 0 Å². The van der Waals surface area contributed by atoms with Gasteiger partial charge < -0.3 is 14.7 Å². The van der Waals surface area contributed by atoms with Gasteiger partial charge in [0.1, 0.15) is 0 Å². The molecule has 282 valence electrons. The number of rotatable bonds is 38. The molecule has 0 saturated heterocycles. The summed E-state index contributed by atoms with van der Waals surface area (Å²) in [4.78, 5) is 13.3. The lowest BCUT2D eigenvalue weighted by molar-refractivity contribution is -0.134.